The fourth-order valence-corrected chi connectivity index (χ4v) is 4.06. The molecule has 0 fully saturated rings. The summed E-state index contributed by atoms with van der Waals surface area (Å²) in [5, 5.41) is 0. The fourth-order valence-electron chi connectivity index (χ4n) is 2.26. The Morgan fingerprint density at radius 2 is 1.96 bits per heavy atom. The SMILES string of the molecule is COc1ccc(S(=O)(=O)NCCCc2cccc(C)c2)cc1Br. The van der Waals surface area contributed by atoms with Crippen LogP contribution in [0.2, 0.25) is 0 Å². The van der Waals surface area contributed by atoms with Crippen molar-refractivity contribution in [2.75, 3.05) is 13.7 Å². The third-order valence-electron chi connectivity index (χ3n) is 3.45. The van der Waals surface area contributed by atoms with Gasteiger partial charge in [-0.25, -0.2) is 13.1 Å². The Morgan fingerprint density at radius 1 is 1.17 bits per heavy atom. The highest BCUT2D eigenvalue weighted by Crippen LogP contribution is 2.27. The lowest BCUT2D eigenvalue weighted by Crippen LogP contribution is -2.25. The topological polar surface area (TPSA) is 55.4 Å². The number of aryl methyl sites for hydroxylation is 2. The Kier molecular flexibility index (Phi) is 6.21. The summed E-state index contributed by atoms with van der Waals surface area (Å²) in [4.78, 5) is 0.223. The first-order chi connectivity index (χ1) is 10.9. The van der Waals surface area contributed by atoms with Gasteiger partial charge in [0.25, 0.3) is 0 Å². The van der Waals surface area contributed by atoms with Gasteiger partial charge >= 0.3 is 0 Å². The van der Waals surface area contributed by atoms with Gasteiger partial charge in [-0.2, -0.15) is 0 Å². The van der Waals surface area contributed by atoms with E-state index in [9.17, 15) is 8.42 Å². The summed E-state index contributed by atoms with van der Waals surface area (Å²) in [6.07, 6.45) is 1.59. The molecule has 0 saturated heterocycles. The number of rotatable bonds is 7. The molecule has 0 aliphatic carbocycles. The number of halogens is 1. The molecule has 0 radical (unpaired) electrons. The van der Waals surface area contributed by atoms with Crippen molar-refractivity contribution in [2.45, 2.75) is 24.7 Å². The number of nitrogens with one attached hydrogen (secondary N) is 1. The summed E-state index contributed by atoms with van der Waals surface area (Å²) in [5.41, 5.74) is 2.43. The Bertz CT molecular complexity index is 775. The second-order valence-electron chi connectivity index (χ2n) is 5.29. The lowest BCUT2D eigenvalue weighted by molar-refractivity contribution is 0.411. The van der Waals surface area contributed by atoms with E-state index in [1.165, 1.54) is 24.3 Å². The molecule has 0 aromatic heterocycles. The van der Waals surface area contributed by atoms with Crippen LogP contribution in [0.25, 0.3) is 0 Å². The van der Waals surface area contributed by atoms with E-state index in [-0.39, 0.29) is 4.90 Å². The van der Waals surface area contributed by atoms with Crippen molar-refractivity contribution < 1.29 is 13.2 Å². The highest BCUT2D eigenvalue weighted by atomic mass is 79.9. The molecule has 4 nitrogen and oxygen atoms in total. The first kappa shape index (κ1) is 18.0. The molecule has 0 bridgehead atoms. The monoisotopic (exact) mass is 397 g/mol. The molecule has 0 saturated carbocycles. The van der Waals surface area contributed by atoms with E-state index in [1.807, 2.05) is 19.1 Å². The molecule has 6 heteroatoms. The van der Waals surface area contributed by atoms with Crippen molar-refractivity contribution in [1.82, 2.24) is 4.72 Å². The minimum atomic E-state index is -3.51. The van der Waals surface area contributed by atoms with Crippen LogP contribution in [0, 0.1) is 6.92 Å². The highest BCUT2D eigenvalue weighted by Gasteiger charge is 2.15. The van der Waals surface area contributed by atoms with E-state index < -0.39 is 10.0 Å². The Balaban J connectivity index is 1.92. The van der Waals surface area contributed by atoms with E-state index >= 15 is 0 Å². The summed E-state index contributed by atoms with van der Waals surface area (Å²) >= 11 is 3.30. The molecule has 0 heterocycles. The van der Waals surface area contributed by atoms with Crippen molar-refractivity contribution in [2.24, 2.45) is 0 Å². The van der Waals surface area contributed by atoms with Gasteiger partial charge in [-0.05, 0) is 59.5 Å². The van der Waals surface area contributed by atoms with Gasteiger partial charge in [0.2, 0.25) is 10.0 Å². The van der Waals surface area contributed by atoms with Crippen molar-refractivity contribution in [3.63, 3.8) is 0 Å². The summed E-state index contributed by atoms with van der Waals surface area (Å²) in [6, 6.07) is 13.0. The zero-order valence-corrected chi connectivity index (χ0v) is 15.6. The fraction of sp³-hybridized carbons (Fsp3) is 0.294. The molecule has 0 spiro atoms. The van der Waals surface area contributed by atoms with Crippen LogP contribution in [0.1, 0.15) is 17.5 Å². The maximum absolute atomic E-state index is 12.3. The van der Waals surface area contributed by atoms with Crippen LogP contribution < -0.4 is 9.46 Å². The van der Waals surface area contributed by atoms with Crippen LogP contribution >= 0.6 is 15.9 Å². The Morgan fingerprint density at radius 3 is 2.61 bits per heavy atom. The summed E-state index contributed by atoms with van der Waals surface area (Å²) in [7, 11) is -1.97. The Hall–Kier alpha value is -1.37. The number of hydrogen-bond acceptors (Lipinski definition) is 3. The number of sulfonamides is 1. The standard InChI is InChI=1S/C17H20BrNO3S/c1-13-5-3-6-14(11-13)7-4-10-19-23(20,21)15-8-9-17(22-2)16(18)12-15/h3,5-6,8-9,11-12,19H,4,7,10H2,1-2H3. The van der Waals surface area contributed by atoms with Gasteiger partial charge < -0.3 is 4.74 Å². The lowest BCUT2D eigenvalue weighted by atomic mass is 10.1. The molecule has 0 amide bonds. The molecule has 0 aliphatic rings. The normalized spacial score (nSPS) is 11.4. The molecule has 0 atom stereocenters. The second-order valence-corrected chi connectivity index (χ2v) is 7.91. The molecule has 0 unspecified atom stereocenters. The summed E-state index contributed by atoms with van der Waals surface area (Å²) in [5.74, 6) is 0.600. The molecule has 124 valence electrons. The highest BCUT2D eigenvalue weighted by molar-refractivity contribution is 9.10. The van der Waals surface area contributed by atoms with E-state index in [0.717, 1.165) is 12.8 Å². The maximum Gasteiger partial charge on any atom is 0.240 e. The molecular weight excluding hydrogens is 378 g/mol. The second kappa shape index (κ2) is 7.95. The van der Waals surface area contributed by atoms with Crippen LogP contribution in [-0.4, -0.2) is 22.1 Å². The van der Waals surface area contributed by atoms with Crippen molar-refractivity contribution >= 4 is 26.0 Å². The molecule has 1 N–H and O–H groups in total. The number of hydrogen-bond donors (Lipinski definition) is 1. The molecule has 23 heavy (non-hydrogen) atoms. The smallest absolute Gasteiger partial charge is 0.240 e. The first-order valence-corrected chi connectivity index (χ1v) is 9.59. The average molecular weight is 398 g/mol. The van der Waals surface area contributed by atoms with Gasteiger partial charge in [0.05, 0.1) is 16.5 Å². The lowest BCUT2D eigenvalue weighted by Gasteiger charge is -2.09. The van der Waals surface area contributed by atoms with Gasteiger partial charge in [0.1, 0.15) is 5.75 Å². The van der Waals surface area contributed by atoms with E-state index in [2.05, 4.69) is 32.8 Å². The minimum absolute atomic E-state index is 0.223. The zero-order valence-electron chi connectivity index (χ0n) is 13.2. The van der Waals surface area contributed by atoms with Gasteiger partial charge in [-0.1, -0.05) is 29.8 Å². The number of methoxy groups -OCH3 is 1. The first-order valence-electron chi connectivity index (χ1n) is 7.31. The predicted molar refractivity (Wildman–Crippen MR) is 95.4 cm³/mol. The van der Waals surface area contributed by atoms with Gasteiger partial charge in [0, 0.05) is 6.54 Å². The van der Waals surface area contributed by atoms with Gasteiger partial charge in [0.15, 0.2) is 0 Å². The third-order valence-corrected chi connectivity index (χ3v) is 5.53. The van der Waals surface area contributed by atoms with Crippen LogP contribution in [0.15, 0.2) is 51.8 Å². The molecule has 2 aromatic carbocycles. The molecular formula is C17H20BrNO3S. The third kappa shape index (κ3) is 5.06. The molecule has 2 aromatic rings. The maximum atomic E-state index is 12.3. The van der Waals surface area contributed by atoms with Crippen LogP contribution in [0.5, 0.6) is 5.75 Å². The Labute approximate surface area is 146 Å². The van der Waals surface area contributed by atoms with E-state index in [4.69, 9.17) is 4.74 Å². The molecule has 0 aliphatic heterocycles. The zero-order chi connectivity index (χ0) is 16.9. The van der Waals surface area contributed by atoms with Crippen molar-refractivity contribution in [3.8, 4) is 5.75 Å². The van der Waals surface area contributed by atoms with E-state index in [0.29, 0.717) is 16.8 Å². The molecule has 2 rings (SSSR count). The van der Waals surface area contributed by atoms with Crippen LogP contribution in [-0.2, 0) is 16.4 Å². The largest absolute Gasteiger partial charge is 0.496 e. The minimum Gasteiger partial charge on any atom is -0.496 e. The summed E-state index contributed by atoms with van der Waals surface area (Å²) < 4.78 is 32.9. The summed E-state index contributed by atoms with van der Waals surface area (Å²) in [6.45, 7) is 2.45. The van der Waals surface area contributed by atoms with Crippen molar-refractivity contribution in [3.05, 3.63) is 58.1 Å². The number of benzene rings is 2. The van der Waals surface area contributed by atoms with E-state index in [1.54, 1.807) is 12.1 Å². The van der Waals surface area contributed by atoms with Crippen LogP contribution in [0.3, 0.4) is 0 Å². The quantitative estimate of drug-likeness (QED) is 0.724. The van der Waals surface area contributed by atoms with Crippen molar-refractivity contribution in [1.29, 1.82) is 0 Å². The van der Waals surface area contributed by atoms with Crippen LogP contribution in [0.4, 0.5) is 0 Å². The number of ether oxygens (including phenoxy) is 1. The predicted octanol–water partition coefficient (Wildman–Crippen LogP) is 3.68. The van der Waals surface area contributed by atoms with Gasteiger partial charge in [-0.15, -0.1) is 0 Å². The average Bonchev–Trinajstić information content (AvgIpc) is 2.51. The van der Waals surface area contributed by atoms with Gasteiger partial charge in [-0.3, -0.25) is 0 Å².